The number of hydrazone groups is 1. The molecule has 0 unspecified atom stereocenters. The fraction of sp³-hybridized carbons (Fsp3) is 0.0435. The van der Waals surface area contributed by atoms with E-state index in [-0.39, 0.29) is 16.7 Å². The summed E-state index contributed by atoms with van der Waals surface area (Å²) >= 11 is 17.4. The molecule has 3 rings (SSSR count). The third-order valence-electron chi connectivity index (χ3n) is 4.26. The Hall–Kier alpha value is -3.67. The maximum atomic E-state index is 12.2. The molecule has 0 heterocycles. The van der Waals surface area contributed by atoms with Gasteiger partial charge in [-0.25, -0.2) is 9.98 Å². The number of nitrogens with one attached hydrogen (secondary N) is 2. The highest BCUT2D eigenvalue weighted by Crippen LogP contribution is 2.29. The number of anilines is 1. The van der Waals surface area contributed by atoms with Gasteiger partial charge in [-0.05, 0) is 54.2 Å². The first-order valence-electron chi connectivity index (χ1n) is 9.97. The van der Waals surface area contributed by atoms with Gasteiger partial charge in [-0.1, -0.05) is 53.5 Å². The van der Waals surface area contributed by atoms with Crippen LogP contribution in [0.3, 0.4) is 0 Å². The van der Waals surface area contributed by atoms with Gasteiger partial charge in [0.2, 0.25) is 0 Å². The lowest BCUT2D eigenvalue weighted by Gasteiger charge is -2.10. The number of benzene rings is 3. The topological polar surface area (TPSA) is 96.4 Å². The molecule has 0 aliphatic rings. The van der Waals surface area contributed by atoms with Gasteiger partial charge in [0.05, 0.1) is 27.6 Å². The van der Waals surface area contributed by atoms with Crippen LogP contribution in [-0.4, -0.2) is 29.9 Å². The zero-order valence-electron chi connectivity index (χ0n) is 18.1. The van der Waals surface area contributed by atoms with E-state index < -0.39 is 6.36 Å². The monoisotopic (exact) mass is 552 g/mol. The smallest absolute Gasteiger partial charge is 0.406 e. The Bertz CT molecular complexity index is 1280. The molecule has 3 aromatic rings. The van der Waals surface area contributed by atoms with Gasteiger partial charge < -0.3 is 15.8 Å². The van der Waals surface area contributed by atoms with Crippen molar-refractivity contribution in [3.05, 3.63) is 87.9 Å². The molecule has 186 valence electrons. The Labute approximate surface area is 219 Å². The van der Waals surface area contributed by atoms with Crippen LogP contribution in [0.1, 0.15) is 11.1 Å². The minimum atomic E-state index is -4.75. The minimum Gasteiger partial charge on any atom is -0.406 e. The lowest BCUT2D eigenvalue weighted by Crippen LogP contribution is -2.24. The predicted molar refractivity (Wildman–Crippen MR) is 142 cm³/mol. The molecule has 0 aliphatic carbocycles. The van der Waals surface area contributed by atoms with E-state index in [1.165, 1.54) is 18.5 Å². The molecule has 0 saturated heterocycles. The van der Waals surface area contributed by atoms with Crippen LogP contribution in [0.25, 0.3) is 0 Å². The summed E-state index contributed by atoms with van der Waals surface area (Å²) in [4.78, 5) is 8.07. The van der Waals surface area contributed by atoms with Crippen molar-refractivity contribution >= 4 is 70.3 Å². The van der Waals surface area contributed by atoms with Gasteiger partial charge in [-0.15, -0.1) is 13.2 Å². The molecule has 0 bridgehead atoms. The molecule has 4 N–H and O–H groups in total. The van der Waals surface area contributed by atoms with Crippen molar-refractivity contribution in [3.63, 3.8) is 0 Å². The van der Waals surface area contributed by atoms with Crippen LogP contribution in [0.15, 0.2) is 81.8 Å². The van der Waals surface area contributed by atoms with Crippen LogP contribution in [0.2, 0.25) is 10.0 Å². The number of para-hydroxylation sites is 1. The number of amidine groups is 1. The number of nitrogens with two attached hydrogens (primary N) is 1. The number of hydrogen-bond acceptors (Lipinski definition) is 4. The van der Waals surface area contributed by atoms with E-state index in [9.17, 15) is 13.2 Å². The number of alkyl halides is 3. The van der Waals surface area contributed by atoms with Crippen molar-refractivity contribution < 1.29 is 17.9 Å². The molecule has 0 spiro atoms. The van der Waals surface area contributed by atoms with Crippen molar-refractivity contribution in [2.45, 2.75) is 6.36 Å². The highest BCUT2D eigenvalue weighted by atomic mass is 35.5. The quantitative estimate of drug-likeness (QED) is 0.139. The van der Waals surface area contributed by atoms with Crippen molar-refractivity contribution in [2.24, 2.45) is 20.8 Å². The van der Waals surface area contributed by atoms with Crippen molar-refractivity contribution in [3.8, 4) is 5.75 Å². The molecule has 0 atom stereocenters. The van der Waals surface area contributed by atoms with E-state index in [1.54, 1.807) is 48.7 Å². The molecule has 0 radical (unpaired) electrons. The average molecular weight is 553 g/mol. The maximum absolute atomic E-state index is 12.2. The standard InChI is InChI=1S/C23H17Cl2F3N6OS/c24-18-2-1-3-19(25)20(18)33-22(36)34-32-12-14-4-6-15(7-5-14)21(29)31-13-30-16-8-10-17(11-9-16)35-23(26,27)28/h1-13H,(H2,29,30,31)(H2,33,34,36)/b32-12+. The molecule has 0 aliphatic heterocycles. The molecule has 0 amide bonds. The van der Waals surface area contributed by atoms with Gasteiger partial charge in [0, 0.05) is 5.56 Å². The molecule has 3 aromatic carbocycles. The second-order valence-corrected chi connectivity index (χ2v) is 8.07. The molecule has 13 heteroatoms. The number of aliphatic imine (C=N–C) groups is 2. The predicted octanol–water partition coefficient (Wildman–Crippen LogP) is 6.28. The van der Waals surface area contributed by atoms with Gasteiger partial charge >= 0.3 is 6.36 Å². The van der Waals surface area contributed by atoms with Crippen LogP contribution in [0, 0.1) is 0 Å². The van der Waals surface area contributed by atoms with E-state index >= 15 is 0 Å². The lowest BCUT2D eigenvalue weighted by atomic mass is 10.1. The first-order valence-corrected chi connectivity index (χ1v) is 11.1. The molecular weight excluding hydrogens is 536 g/mol. The highest BCUT2D eigenvalue weighted by Gasteiger charge is 2.30. The van der Waals surface area contributed by atoms with Crippen molar-refractivity contribution in [1.29, 1.82) is 0 Å². The van der Waals surface area contributed by atoms with Gasteiger partial charge in [-0.3, -0.25) is 5.43 Å². The summed E-state index contributed by atoms with van der Waals surface area (Å²) in [6, 6.07) is 17.1. The zero-order chi connectivity index (χ0) is 26.1. The Morgan fingerprint density at radius 3 is 2.22 bits per heavy atom. The molecular formula is C23H17Cl2F3N6OS. The summed E-state index contributed by atoms with van der Waals surface area (Å²) in [6.07, 6.45) is -2.00. The van der Waals surface area contributed by atoms with Gasteiger partial charge in [0.15, 0.2) is 5.11 Å². The first kappa shape index (κ1) is 26.9. The van der Waals surface area contributed by atoms with E-state index in [0.717, 1.165) is 17.7 Å². The Morgan fingerprint density at radius 1 is 0.972 bits per heavy atom. The first-order chi connectivity index (χ1) is 17.1. The van der Waals surface area contributed by atoms with Gasteiger partial charge in [-0.2, -0.15) is 5.10 Å². The summed E-state index contributed by atoms with van der Waals surface area (Å²) in [6.45, 7) is 0. The van der Waals surface area contributed by atoms with E-state index in [2.05, 4.69) is 30.6 Å². The van der Waals surface area contributed by atoms with Gasteiger partial charge in [0.1, 0.15) is 17.9 Å². The van der Waals surface area contributed by atoms with Crippen molar-refractivity contribution in [2.75, 3.05) is 5.32 Å². The second kappa shape index (κ2) is 12.3. The Balaban J connectivity index is 1.53. The second-order valence-electron chi connectivity index (χ2n) is 6.84. The fourth-order valence-electron chi connectivity index (χ4n) is 2.63. The van der Waals surface area contributed by atoms with E-state index in [0.29, 0.717) is 27.0 Å². The highest BCUT2D eigenvalue weighted by molar-refractivity contribution is 7.80. The Morgan fingerprint density at radius 2 is 1.61 bits per heavy atom. The molecule has 0 saturated carbocycles. The largest absolute Gasteiger partial charge is 0.573 e. The fourth-order valence-corrected chi connectivity index (χ4v) is 3.28. The summed E-state index contributed by atoms with van der Waals surface area (Å²) in [7, 11) is 0. The van der Waals surface area contributed by atoms with Crippen LogP contribution in [0.4, 0.5) is 24.5 Å². The number of thiocarbonyl (C=S) groups is 1. The summed E-state index contributed by atoms with van der Waals surface area (Å²) in [5.41, 5.74) is 10.9. The third-order valence-corrected chi connectivity index (χ3v) is 5.08. The SMILES string of the molecule is NC(=NC=Nc1ccc(OC(F)(F)F)cc1)c1ccc(/C=N/NC(=S)Nc2c(Cl)cccc2Cl)cc1. The average Bonchev–Trinajstić information content (AvgIpc) is 2.82. The van der Waals surface area contributed by atoms with Crippen LogP contribution < -0.4 is 21.2 Å². The minimum absolute atomic E-state index is 0.194. The van der Waals surface area contributed by atoms with E-state index in [1.807, 2.05) is 0 Å². The number of hydrogen-bond donors (Lipinski definition) is 3. The lowest BCUT2D eigenvalue weighted by molar-refractivity contribution is -0.274. The van der Waals surface area contributed by atoms with Gasteiger partial charge in [0.25, 0.3) is 0 Å². The summed E-state index contributed by atoms with van der Waals surface area (Å²) in [5.74, 6) is -0.147. The van der Waals surface area contributed by atoms with Crippen molar-refractivity contribution in [1.82, 2.24) is 5.43 Å². The van der Waals surface area contributed by atoms with E-state index in [4.69, 9.17) is 41.2 Å². The summed E-state index contributed by atoms with van der Waals surface area (Å²) in [5, 5.41) is 7.99. The van der Waals surface area contributed by atoms with Crippen LogP contribution >= 0.6 is 35.4 Å². The normalized spacial score (nSPS) is 12.2. The number of halogens is 5. The number of nitrogens with zero attached hydrogens (tertiary/aromatic N) is 3. The third kappa shape index (κ3) is 8.52. The molecule has 0 aromatic heterocycles. The Kier molecular flexibility index (Phi) is 9.23. The zero-order valence-corrected chi connectivity index (χ0v) is 20.5. The molecule has 36 heavy (non-hydrogen) atoms. The van der Waals surface area contributed by atoms with Crippen LogP contribution in [0.5, 0.6) is 5.75 Å². The van der Waals surface area contributed by atoms with Crippen LogP contribution in [-0.2, 0) is 0 Å². The number of rotatable bonds is 7. The molecule has 7 nitrogen and oxygen atoms in total. The molecule has 0 fully saturated rings. The number of ether oxygens (including phenoxy) is 1. The maximum Gasteiger partial charge on any atom is 0.573 e. The summed E-state index contributed by atoms with van der Waals surface area (Å²) < 4.78 is 40.4.